The number of carbonyl (C=O) groups excluding carboxylic acids is 1. The first kappa shape index (κ1) is 12.1. The van der Waals surface area contributed by atoms with Crippen LogP contribution >= 0.6 is 34.5 Å². The largest absolute Gasteiger partial charge is 0.323 e. The lowest BCUT2D eigenvalue weighted by Gasteiger charge is -2.11. The zero-order valence-electron chi connectivity index (χ0n) is 8.87. The van der Waals surface area contributed by atoms with Gasteiger partial charge in [-0.05, 0) is 25.7 Å². The number of thiazole rings is 1. The minimum atomic E-state index is -1.07. The molecule has 1 aliphatic rings. The highest BCUT2D eigenvalue weighted by atomic mass is 35.5. The lowest BCUT2D eigenvalue weighted by molar-refractivity contribution is -0.116. The molecule has 0 radical (unpaired) electrons. The molecule has 0 atom stereocenters. The molecule has 88 valence electrons. The number of hydrogen-bond acceptors (Lipinski definition) is 2. The highest BCUT2D eigenvalue weighted by Gasteiger charge is 2.16. The van der Waals surface area contributed by atoms with Crippen LogP contribution in [0.5, 0.6) is 0 Å². The third-order valence-corrected chi connectivity index (χ3v) is 4.30. The van der Waals surface area contributed by atoms with Crippen molar-refractivity contribution in [3.8, 4) is 0 Å². The van der Waals surface area contributed by atoms with Crippen molar-refractivity contribution in [2.24, 2.45) is 12.0 Å². The van der Waals surface area contributed by atoms with Gasteiger partial charge in [-0.2, -0.15) is 4.99 Å². The van der Waals surface area contributed by atoms with Crippen LogP contribution in [0, 0.1) is 0 Å². The van der Waals surface area contributed by atoms with Crippen LogP contribution in [0.3, 0.4) is 0 Å². The van der Waals surface area contributed by atoms with Gasteiger partial charge in [0.15, 0.2) is 9.64 Å². The van der Waals surface area contributed by atoms with Crippen molar-refractivity contribution in [2.45, 2.75) is 30.5 Å². The quantitative estimate of drug-likeness (QED) is 0.726. The van der Waals surface area contributed by atoms with Crippen LogP contribution in [-0.2, 0) is 24.7 Å². The van der Waals surface area contributed by atoms with Crippen molar-refractivity contribution < 1.29 is 4.79 Å². The molecular formula is C10H12Cl2N2OS. The van der Waals surface area contributed by atoms with Crippen molar-refractivity contribution >= 4 is 40.4 Å². The van der Waals surface area contributed by atoms with E-state index in [4.69, 9.17) is 23.2 Å². The summed E-state index contributed by atoms with van der Waals surface area (Å²) in [6, 6.07) is 0. The van der Waals surface area contributed by atoms with Gasteiger partial charge in [0.25, 0.3) is 5.91 Å². The van der Waals surface area contributed by atoms with E-state index < -0.39 is 10.7 Å². The number of aryl methyl sites for hydroxylation is 1. The summed E-state index contributed by atoms with van der Waals surface area (Å²) in [6.07, 6.45) is 4.58. The third-order valence-electron chi connectivity index (χ3n) is 2.69. The summed E-state index contributed by atoms with van der Waals surface area (Å²) in [5.41, 5.74) is 1.29. The number of halogens is 2. The number of fused-ring (bicyclic) bond motifs is 1. The van der Waals surface area contributed by atoms with Gasteiger partial charge in [0.2, 0.25) is 0 Å². The predicted octanol–water partition coefficient (Wildman–Crippen LogP) is 2.20. The molecule has 1 aromatic heterocycles. The molecule has 0 saturated heterocycles. The molecule has 3 nitrogen and oxygen atoms in total. The van der Waals surface area contributed by atoms with Gasteiger partial charge in [-0.25, -0.2) is 0 Å². The standard InChI is InChI=1S/C10H12Cl2N2OS/c1-14-6-4-2-3-5-7(6)16-10(14)13-9(15)8(11)12/h8H,2-5H2,1H3. The number of hydrogen-bond donors (Lipinski definition) is 0. The van der Waals surface area contributed by atoms with Crippen molar-refractivity contribution in [3.05, 3.63) is 15.4 Å². The molecule has 0 spiro atoms. The van der Waals surface area contributed by atoms with E-state index >= 15 is 0 Å². The zero-order valence-corrected chi connectivity index (χ0v) is 11.2. The lowest BCUT2D eigenvalue weighted by atomic mass is 10.0. The molecule has 0 aliphatic heterocycles. The molecule has 0 bridgehead atoms. The van der Waals surface area contributed by atoms with Crippen LogP contribution in [-0.4, -0.2) is 15.3 Å². The Hall–Kier alpha value is -0.320. The Kier molecular flexibility index (Phi) is 3.72. The van der Waals surface area contributed by atoms with Crippen LogP contribution < -0.4 is 4.80 Å². The first-order valence-electron chi connectivity index (χ1n) is 5.14. The number of rotatable bonds is 1. The molecule has 0 unspecified atom stereocenters. The van der Waals surface area contributed by atoms with Gasteiger partial charge in [0.1, 0.15) is 0 Å². The number of alkyl halides is 2. The zero-order chi connectivity index (χ0) is 11.7. The fourth-order valence-corrected chi connectivity index (χ4v) is 3.17. The van der Waals surface area contributed by atoms with Crippen molar-refractivity contribution in [2.75, 3.05) is 0 Å². The number of carbonyl (C=O) groups is 1. The smallest absolute Gasteiger partial charge is 0.281 e. The Morgan fingerprint density at radius 3 is 2.75 bits per heavy atom. The van der Waals surface area contributed by atoms with Crippen LogP contribution in [0.15, 0.2) is 4.99 Å². The molecule has 0 aromatic carbocycles. The Balaban J connectivity index is 2.43. The van der Waals surface area contributed by atoms with Gasteiger partial charge in [-0.15, -0.1) is 11.3 Å². The van der Waals surface area contributed by atoms with E-state index in [0.717, 1.165) is 12.8 Å². The van der Waals surface area contributed by atoms with Gasteiger partial charge in [-0.1, -0.05) is 23.2 Å². The first-order chi connectivity index (χ1) is 7.59. The highest BCUT2D eigenvalue weighted by Crippen LogP contribution is 2.22. The summed E-state index contributed by atoms with van der Waals surface area (Å²) in [6.45, 7) is 0. The summed E-state index contributed by atoms with van der Waals surface area (Å²) < 4.78 is 1.98. The molecule has 16 heavy (non-hydrogen) atoms. The Bertz CT molecular complexity index is 476. The summed E-state index contributed by atoms with van der Waals surface area (Å²) in [5.74, 6) is -0.488. The molecule has 6 heteroatoms. The number of nitrogens with zero attached hydrogens (tertiary/aromatic N) is 2. The van der Waals surface area contributed by atoms with Crippen LogP contribution in [0.25, 0.3) is 0 Å². The molecule has 1 amide bonds. The summed E-state index contributed by atoms with van der Waals surface area (Å²) in [7, 11) is 1.93. The maximum absolute atomic E-state index is 11.3. The maximum Gasteiger partial charge on any atom is 0.281 e. The van der Waals surface area contributed by atoms with E-state index in [1.165, 1.54) is 23.4 Å². The summed E-state index contributed by atoms with van der Waals surface area (Å²) >= 11 is 12.5. The second kappa shape index (κ2) is 4.90. The minimum absolute atomic E-state index is 0.488. The van der Waals surface area contributed by atoms with Crippen molar-refractivity contribution in [1.82, 2.24) is 4.57 Å². The Labute approximate surface area is 108 Å². The Morgan fingerprint density at radius 1 is 1.44 bits per heavy atom. The van der Waals surface area contributed by atoms with Gasteiger partial charge >= 0.3 is 0 Å². The average molecular weight is 279 g/mol. The first-order valence-corrected chi connectivity index (χ1v) is 6.83. The van der Waals surface area contributed by atoms with Crippen molar-refractivity contribution in [1.29, 1.82) is 0 Å². The molecule has 2 rings (SSSR count). The van der Waals surface area contributed by atoms with E-state index in [0.29, 0.717) is 4.80 Å². The minimum Gasteiger partial charge on any atom is -0.323 e. The SMILES string of the molecule is Cn1c2c(sc1=NC(=O)C(Cl)Cl)CCCC2. The van der Waals surface area contributed by atoms with E-state index in [9.17, 15) is 4.79 Å². The van der Waals surface area contributed by atoms with Crippen LogP contribution in [0.2, 0.25) is 0 Å². The second-order valence-electron chi connectivity index (χ2n) is 3.77. The summed E-state index contributed by atoms with van der Waals surface area (Å²) in [5, 5.41) is 0. The monoisotopic (exact) mass is 278 g/mol. The van der Waals surface area contributed by atoms with E-state index in [-0.39, 0.29) is 0 Å². The van der Waals surface area contributed by atoms with Crippen molar-refractivity contribution in [3.63, 3.8) is 0 Å². The van der Waals surface area contributed by atoms with E-state index in [2.05, 4.69) is 4.99 Å². The molecule has 0 N–H and O–H groups in total. The fourth-order valence-electron chi connectivity index (χ4n) is 1.86. The van der Waals surface area contributed by atoms with Gasteiger partial charge in [0, 0.05) is 17.6 Å². The molecular weight excluding hydrogens is 267 g/mol. The number of amides is 1. The predicted molar refractivity (Wildman–Crippen MR) is 66.0 cm³/mol. The van der Waals surface area contributed by atoms with Gasteiger partial charge in [-0.3, -0.25) is 4.79 Å². The van der Waals surface area contributed by atoms with Crippen LogP contribution in [0.1, 0.15) is 23.4 Å². The van der Waals surface area contributed by atoms with Crippen LogP contribution in [0.4, 0.5) is 0 Å². The van der Waals surface area contributed by atoms with Gasteiger partial charge in [0.05, 0.1) is 0 Å². The average Bonchev–Trinajstić information content (AvgIpc) is 2.56. The van der Waals surface area contributed by atoms with E-state index in [1.807, 2.05) is 11.6 Å². The molecule has 1 aliphatic carbocycles. The molecule has 1 aromatic rings. The molecule has 0 saturated carbocycles. The summed E-state index contributed by atoms with van der Waals surface area (Å²) in [4.78, 5) is 16.2. The topological polar surface area (TPSA) is 34.4 Å². The second-order valence-corrected chi connectivity index (χ2v) is 5.93. The Morgan fingerprint density at radius 2 is 2.12 bits per heavy atom. The number of aromatic nitrogens is 1. The maximum atomic E-state index is 11.3. The molecule has 0 fully saturated rings. The fraction of sp³-hybridized carbons (Fsp3) is 0.600. The normalized spacial score (nSPS) is 16.6. The molecule has 1 heterocycles. The lowest BCUT2D eigenvalue weighted by Crippen LogP contribution is -2.18. The third kappa shape index (κ3) is 2.34. The highest BCUT2D eigenvalue weighted by molar-refractivity contribution is 7.09. The van der Waals surface area contributed by atoms with E-state index in [1.54, 1.807) is 11.3 Å². The van der Waals surface area contributed by atoms with Gasteiger partial charge < -0.3 is 4.57 Å².